The Labute approximate surface area is 118 Å². The second-order valence-electron chi connectivity index (χ2n) is 5.79. The highest BCUT2D eigenvalue weighted by Crippen LogP contribution is 2.21. The fraction of sp³-hybridized carbons (Fsp3) is 0.647. The van der Waals surface area contributed by atoms with Gasteiger partial charge in [0.2, 0.25) is 0 Å². The largest absolute Gasteiger partial charge is 0.317 e. The summed E-state index contributed by atoms with van der Waals surface area (Å²) >= 11 is 0. The third-order valence-electron chi connectivity index (χ3n) is 4.47. The molecule has 0 saturated heterocycles. The van der Waals surface area contributed by atoms with Crippen molar-refractivity contribution in [3.05, 3.63) is 35.4 Å². The molecule has 2 N–H and O–H groups in total. The predicted molar refractivity (Wildman–Crippen MR) is 82.6 cm³/mol. The molecular formula is C17H28N2. The molecule has 0 unspecified atom stereocenters. The van der Waals surface area contributed by atoms with Gasteiger partial charge in [-0.2, -0.15) is 0 Å². The zero-order chi connectivity index (χ0) is 13.5. The molecule has 2 nitrogen and oxygen atoms in total. The summed E-state index contributed by atoms with van der Waals surface area (Å²) in [5.41, 5.74) is 3.04. The van der Waals surface area contributed by atoms with Crippen LogP contribution in [-0.2, 0) is 12.8 Å². The molecule has 0 aromatic heterocycles. The van der Waals surface area contributed by atoms with Gasteiger partial charge in [-0.15, -0.1) is 0 Å². The lowest BCUT2D eigenvalue weighted by atomic mass is 9.96. The van der Waals surface area contributed by atoms with Gasteiger partial charge in [0, 0.05) is 12.1 Å². The molecule has 2 aliphatic rings. The van der Waals surface area contributed by atoms with Crippen LogP contribution in [0.4, 0.5) is 0 Å². The summed E-state index contributed by atoms with van der Waals surface area (Å²) in [7, 11) is 4.10. The molecule has 1 aromatic rings. The standard InChI is InChI=1S/C10H13N.C7H15N/c1-11-10-6-8-4-2-3-5-9(8)7-10;1-8-7-5-3-2-4-6-7/h2-5,10-11H,6-7H2,1H3;7-8H,2-6H2,1H3. The molecular weight excluding hydrogens is 232 g/mol. The molecule has 19 heavy (non-hydrogen) atoms. The molecule has 106 valence electrons. The highest BCUT2D eigenvalue weighted by molar-refractivity contribution is 5.33. The first-order chi connectivity index (χ1) is 9.33. The van der Waals surface area contributed by atoms with Crippen molar-refractivity contribution in [2.24, 2.45) is 0 Å². The van der Waals surface area contributed by atoms with Crippen molar-refractivity contribution < 1.29 is 0 Å². The first kappa shape index (κ1) is 14.5. The van der Waals surface area contributed by atoms with Gasteiger partial charge < -0.3 is 10.6 Å². The van der Waals surface area contributed by atoms with Gasteiger partial charge >= 0.3 is 0 Å². The van der Waals surface area contributed by atoms with Gasteiger partial charge in [0.05, 0.1) is 0 Å². The average Bonchev–Trinajstić information content (AvgIpc) is 2.92. The van der Waals surface area contributed by atoms with Crippen LogP contribution in [0.5, 0.6) is 0 Å². The lowest BCUT2D eigenvalue weighted by molar-refractivity contribution is 0.394. The molecule has 1 aromatic carbocycles. The van der Waals surface area contributed by atoms with Crippen molar-refractivity contribution >= 4 is 0 Å². The smallest absolute Gasteiger partial charge is 0.0145 e. The molecule has 0 amide bonds. The zero-order valence-corrected chi connectivity index (χ0v) is 12.4. The van der Waals surface area contributed by atoms with Gasteiger partial charge in [-0.1, -0.05) is 43.5 Å². The van der Waals surface area contributed by atoms with E-state index in [1.807, 2.05) is 7.05 Å². The lowest BCUT2D eigenvalue weighted by Gasteiger charge is -2.20. The van der Waals surface area contributed by atoms with E-state index in [9.17, 15) is 0 Å². The molecule has 0 heterocycles. The van der Waals surface area contributed by atoms with Crippen LogP contribution in [0.15, 0.2) is 24.3 Å². The topological polar surface area (TPSA) is 24.1 Å². The van der Waals surface area contributed by atoms with E-state index in [1.54, 1.807) is 0 Å². The Kier molecular flexibility index (Phi) is 5.87. The van der Waals surface area contributed by atoms with Gasteiger partial charge in [0.15, 0.2) is 0 Å². The monoisotopic (exact) mass is 260 g/mol. The van der Waals surface area contributed by atoms with E-state index in [-0.39, 0.29) is 0 Å². The number of benzene rings is 1. The minimum absolute atomic E-state index is 0.674. The number of likely N-dealkylation sites (N-methyl/N-ethyl adjacent to an activating group) is 1. The Balaban J connectivity index is 0.000000148. The SMILES string of the molecule is CNC1CCCCC1.CNC1Cc2ccccc2C1. The van der Waals surface area contributed by atoms with Gasteiger partial charge in [0.25, 0.3) is 0 Å². The van der Waals surface area contributed by atoms with E-state index in [2.05, 4.69) is 41.9 Å². The molecule has 0 aliphatic heterocycles. The number of hydrogen-bond donors (Lipinski definition) is 2. The predicted octanol–water partition coefficient (Wildman–Crippen LogP) is 2.91. The summed E-state index contributed by atoms with van der Waals surface area (Å²) in [6.07, 6.45) is 9.53. The summed E-state index contributed by atoms with van der Waals surface area (Å²) in [6, 6.07) is 10.2. The van der Waals surface area contributed by atoms with Crippen LogP contribution in [0.2, 0.25) is 0 Å². The molecule has 2 heteroatoms. The molecule has 0 radical (unpaired) electrons. The van der Waals surface area contributed by atoms with Crippen LogP contribution in [-0.4, -0.2) is 26.2 Å². The first-order valence-electron chi connectivity index (χ1n) is 7.74. The van der Waals surface area contributed by atoms with Gasteiger partial charge in [0.1, 0.15) is 0 Å². The number of rotatable bonds is 2. The Morgan fingerprint density at radius 1 is 0.789 bits per heavy atom. The van der Waals surface area contributed by atoms with Crippen molar-refractivity contribution in [3.8, 4) is 0 Å². The van der Waals surface area contributed by atoms with E-state index >= 15 is 0 Å². The number of nitrogens with one attached hydrogen (secondary N) is 2. The summed E-state index contributed by atoms with van der Waals surface area (Å²) in [6.45, 7) is 0. The van der Waals surface area contributed by atoms with Crippen LogP contribution < -0.4 is 10.6 Å². The molecule has 0 spiro atoms. The van der Waals surface area contributed by atoms with Crippen LogP contribution in [0.25, 0.3) is 0 Å². The maximum atomic E-state index is 3.31. The van der Waals surface area contributed by atoms with Crippen molar-refractivity contribution in [3.63, 3.8) is 0 Å². The van der Waals surface area contributed by atoms with E-state index in [4.69, 9.17) is 0 Å². The van der Waals surface area contributed by atoms with Crippen LogP contribution in [0.3, 0.4) is 0 Å². The van der Waals surface area contributed by atoms with Gasteiger partial charge in [-0.3, -0.25) is 0 Å². The van der Waals surface area contributed by atoms with E-state index < -0.39 is 0 Å². The molecule has 0 bridgehead atoms. The Morgan fingerprint density at radius 2 is 1.32 bits per heavy atom. The van der Waals surface area contributed by atoms with Crippen molar-refractivity contribution in [2.75, 3.05) is 14.1 Å². The van der Waals surface area contributed by atoms with Crippen LogP contribution in [0, 0.1) is 0 Å². The first-order valence-corrected chi connectivity index (χ1v) is 7.74. The highest BCUT2D eigenvalue weighted by atomic mass is 14.9. The second kappa shape index (κ2) is 7.66. The van der Waals surface area contributed by atoms with E-state index in [1.165, 1.54) is 56.1 Å². The molecule has 2 aliphatic carbocycles. The lowest BCUT2D eigenvalue weighted by Crippen LogP contribution is -2.26. The van der Waals surface area contributed by atoms with Crippen molar-refractivity contribution in [2.45, 2.75) is 57.0 Å². The van der Waals surface area contributed by atoms with Crippen molar-refractivity contribution in [1.29, 1.82) is 0 Å². The summed E-state index contributed by atoms with van der Waals surface area (Å²) in [5, 5.41) is 6.61. The third kappa shape index (κ3) is 4.32. The van der Waals surface area contributed by atoms with E-state index in [0.717, 1.165) is 6.04 Å². The van der Waals surface area contributed by atoms with Crippen LogP contribution in [0.1, 0.15) is 43.2 Å². The minimum Gasteiger partial charge on any atom is -0.317 e. The van der Waals surface area contributed by atoms with Crippen molar-refractivity contribution in [1.82, 2.24) is 10.6 Å². The maximum absolute atomic E-state index is 3.31. The number of fused-ring (bicyclic) bond motifs is 1. The number of hydrogen-bond acceptors (Lipinski definition) is 2. The highest BCUT2D eigenvalue weighted by Gasteiger charge is 2.18. The third-order valence-corrected chi connectivity index (χ3v) is 4.47. The Bertz CT molecular complexity index is 344. The second-order valence-corrected chi connectivity index (χ2v) is 5.79. The molecule has 1 fully saturated rings. The molecule has 1 saturated carbocycles. The summed E-state index contributed by atoms with van der Waals surface area (Å²) in [4.78, 5) is 0. The maximum Gasteiger partial charge on any atom is 0.0145 e. The van der Waals surface area contributed by atoms with Gasteiger partial charge in [-0.05, 0) is 50.9 Å². The Morgan fingerprint density at radius 3 is 1.74 bits per heavy atom. The fourth-order valence-corrected chi connectivity index (χ4v) is 3.15. The molecule has 3 rings (SSSR count). The summed E-state index contributed by atoms with van der Waals surface area (Å²) in [5.74, 6) is 0. The molecule has 0 atom stereocenters. The quantitative estimate of drug-likeness (QED) is 0.854. The average molecular weight is 260 g/mol. The minimum atomic E-state index is 0.674. The van der Waals surface area contributed by atoms with E-state index in [0.29, 0.717) is 6.04 Å². The zero-order valence-electron chi connectivity index (χ0n) is 12.4. The van der Waals surface area contributed by atoms with Crippen LogP contribution >= 0.6 is 0 Å². The summed E-state index contributed by atoms with van der Waals surface area (Å²) < 4.78 is 0. The van der Waals surface area contributed by atoms with Gasteiger partial charge in [-0.25, -0.2) is 0 Å². The Hall–Kier alpha value is -0.860. The normalized spacial score (nSPS) is 19.7. The fourth-order valence-electron chi connectivity index (χ4n) is 3.15.